The van der Waals surface area contributed by atoms with E-state index in [-0.39, 0.29) is 23.9 Å². The Labute approximate surface area is 159 Å². The number of carbonyl (C=O) groups is 2. The van der Waals surface area contributed by atoms with E-state index in [0.717, 1.165) is 6.20 Å². The molecule has 0 aliphatic carbocycles. The van der Waals surface area contributed by atoms with Crippen LogP contribution in [-0.4, -0.2) is 34.3 Å². The number of nitrogens with two attached hydrogens (primary N) is 1. The van der Waals surface area contributed by atoms with Crippen LogP contribution in [-0.2, 0) is 15.7 Å². The Hall–Kier alpha value is -2.88. The monoisotopic (exact) mass is 398 g/mol. The highest BCUT2D eigenvalue weighted by Crippen LogP contribution is 2.34. The van der Waals surface area contributed by atoms with Crippen LogP contribution < -0.4 is 11.1 Å². The second-order valence-corrected chi connectivity index (χ2v) is 6.22. The molecule has 0 bridgehead atoms. The summed E-state index contributed by atoms with van der Waals surface area (Å²) in [7, 11) is 0. The molecular weight excluding hydrogens is 377 g/mol. The van der Waals surface area contributed by atoms with E-state index in [0.29, 0.717) is 4.68 Å². The molecule has 2 rings (SSSR count). The fourth-order valence-electron chi connectivity index (χ4n) is 2.39. The van der Waals surface area contributed by atoms with Crippen LogP contribution in [0.3, 0.4) is 0 Å². The first-order valence-electron chi connectivity index (χ1n) is 8.55. The molecule has 2 atom stereocenters. The lowest BCUT2D eigenvalue weighted by Gasteiger charge is -2.16. The standard InChI is InChI=1S/C18H21F3N4O3/c1-4-28-17(27)14-9-23-25(15(14)18(19,20)21)13-7-5-6-12(8-13)24-16(26)10(2)11(3)22/h5-11H,4,22H2,1-3H3,(H,24,26). The minimum absolute atomic E-state index is 0.0223. The number of amides is 1. The van der Waals surface area contributed by atoms with Crippen molar-refractivity contribution in [2.75, 3.05) is 11.9 Å². The number of ether oxygens (including phenoxy) is 1. The highest BCUT2D eigenvalue weighted by atomic mass is 19.4. The van der Waals surface area contributed by atoms with Gasteiger partial charge in [0.1, 0.15) is 5.56 Å². The van der Waals surface area contributed by atoms with Gasteiger partial charge < -0.3 is 15.8 Å². The van der Waals surface area contributed by atoms with Gasteiger partial charge >= 0.3 is 12.1 Å². The Balaban J connectivity index is 2.43. The number of alkyl halides is 3. The predicted molar refractivity (Wildman–Crippen MR) is 96.0 cm³/mol. The number of rotatable bonds is 6. The van der Waals surface area contributed by atoms with Gasteiger partial charge in [-0.1, -0.05) is 13.0 Å². The number of anilines is 1. The summed E-state index contributed by atoms with van der Waals surface area (Å²) in [5.74, 6) is -1.97. The molecule has 2 unspecified atom stereocenters. The van der Waals surface area contributed by atoms with Gasteiger partial charge in [0.15, 0.2) is 5.69 Å². The second kappa shape index (κ2) is 8.42. The summed E-state index contributed by atoms with van der Waals surface area (Å²) >= 11 is 0. The van der Waals surface area contributed by atoms with Crippen molar-refractivity contribution in [2.45, 2.75) is 33.0 Å². The summed E-state index contributed by atoms with van der Waals surface area (Å²) in [6, 6.07) is 5.30. The third kappa shape index (κ3) is 4.69. The molecule has 0 saturated heterocycles. The average Bonchev–Trinajstić information content (AvgIpc) is 3.07. The van der Waals surface area contributed by atoms with Crippen LogP contribution >= 0.6 is 0 Å². The lowest BCUT2D eigenvalue weighted by atomic mass is 10.0. The lowest BCUT2D eigenvalue weighted by molar-refractivity contribution is -0.143. The molecule has 0 aliphatic rings. The van der Waals surface area contributed by atoms with E-state index in [1.807, 2.05) is 0 Å². The van der Waals surface area contributed by atoms with Crippen LogP contribution in [0.25, 0.3) is 5.69 Å². The Morgan fingerprint density at radius 1 is 1.32 bits per heavy atom. The number of hydrogen-bond donors (Lipinski definition) is 2. The van der Waals surface area contributed by atoms with Crippen molar-refractivity contribution in [1.82, 2.24) is 9.78 Å². The Bertz CT molecular complexity index is 862. The van der Waals surface area contributed by atoms with Gasteiger partial charge in [0.2, 0.25) is 5.91 Å². The van der Waals surface area contributed by atoms with E-state index in [4.69, 9.17) is 5.73 Å². The molecule has 1 amide bonds. The van der Waals surface area contributed by atoms with Crippen LogP contribution in [0.4, 0.5) is 18.9 Å². The maximum atomic E-state index is 13.6. The van der Waals surface area contributed by atoms with Crippen molar-refractivity contribution in [2.24, 2.45) is 11.7 Å². The third-order valence-corrected chi connectivity index (χ3v) is 4.09. The van der Waals surface area contributed by atoms with E-state index >= 15 is 0 Å². The molecule has 1 aromatic heterocycles. The number of hydrogen-bond acceptors (Lipinski definition) is 5. The van der Waals surface area contributed by atoms with Gasteiger partial charge in [0.05, 0.1) is 24.4 Å². The van der Waals surface area contributed by atoms with E-state index in [1.165, 1.54) is 31.2 Å². The van der Waals surface area contributed by atoms with Crippen LogP contribution in [0, 0.1) is 5.92 Å². The Morgan fingerprint density at radius 2 is 2.00 bits per heavy atom. The van der Waals surface area contributed by atoms with Crippen LogP contribution in [0.1, 0.15) is 36.8 Å². The van der Waals surface area contributed by atoms with Crippen LogP contribution in [0.5, 0.6) is 0 Å². The molecule has 0 saturated carbocycles. The van der Waals surface area contributed by atoms with E-state index in [2.05, 4.69) is 15.2 Å². The highest BCUT2D eigenvalue weighted by Gasteiger charge is 2.41. The molecule has 152 valence electrons. The molecule has 28 heavy (non-hydrogen) atoms. The first-order chi connectivity index (χ1) is 13.1. The summed E-state index contributed by atoms with van der Waals surface area (Å²) in [4.78, 5) is 24.0. The summed E-state index contributed by atoms with van der Waals surface area (Å²) in [5.41, 5.74) is 4.05. The Kier molecular flexibility index (Phi) is 6.45. The average molecular weight is 398 g/mol. The number of aromatic nitrogens is 2. The van der Waals surface area contributed by atoms with Gasteiger partial charge in [-0.3, -0.25) is 4.79 Å². The van der Waals surface area contributed by atoms with Crippen molar-refractivity contribution in [3.8, 4) is 5.69 Å². The van der Waals surface area contributed by atoms with Crippen LogP contribution in [0.2, 0.25) is 0 Å². The van der Waals surface area contributed by atoms with Gasteiger partial charge in [-0.25, -0.2) is 9.48 Å². The zero-order valence-electron chi connectivity index (χ0n) is 15.6. The molecule has 3 N–H and O–H groups in total. The van der Waals surface area contributed by atoms with Crippen molar-refractivity contribution < 1.29 is 27.5 Å². The molecule has 2 aromatic rings. The van der Waals surface area contributed by atoms with Gasteiger partial charge in [0.25, 0.3) is 0 Å². The van der Waals surface area contributed by atoms with E-state index in [1.54, 1.807) is 13.8 Å². The maximum Gasteiger partial charge on any atom is 0.434 e. The maximum absolute atomic E-state index is 13.6. The quantitative estimate of drug-likeness (QED) is 0.729. The summed E-state index contributed by atoms with van der Waals surface area (Å²) in [6.45, 7) is 4.74. The molecule has 10 heteroatoms. The van der Waals surface area contributed by atoms with E-state index in [9.17, 15) is 22.8 Å². The van der Waals surface area contributed by atoms with Gasteiger partial charge in [0, 0.05) is 11.7 Å². The zero-order valence-corrected chi connectivity index (χ0v) is 15.6. The first kappa shape index (κ1) is 21.4. The molecule has 7 nitrogen and oxygen atoms in total. The second-order valence-electron chi connectivity index (χ2n) is 6.22. The first-order valence-corrected chi connectivity index (χ1v) is 8.55. The number of esters is 1. The van der Waals surface area contributed by atoms with Gasteiger partial charge in [-0.05, 0) is 32.0 Å². The third-order valence-electron chi connectivity index (χ3n) is 4.09. The smallest absolute Gasteiger partial charge is 0.434 e. The molecule has 0 fully saturated rings. The summed E-state index contributed by atoms with van der Waals surface area (Å²) < 4.78 is 46.0. The van der Waals surface area contributed by atoms with Gasteiger partial charge in [-0.15, -0.1) is 0 Å². The zero-order chi connectivity index (χ0) is 21.1. The number of benzene rings is 1. The minimum atomic E-state index is -4.85. The van der Waals surface area contributed by atoms with Crippen LogP contribution in [0.15, 0.2) is 30.5 Å². The largest absolute Gasteiger partial charge is 0.462 e. The fraction of sp³-hybridized carbons (Fsp3) is 0.389. The molecule has 0 spiro atoms. The fourth-order valence-corrected chi connectivity index (χ4v) is 2.39. The molecule has 1 aromatic carbocycles. The van der Waals surface area contributed by atoms with Crippen molar-refractivity contribution >= 4 is 17.6 Å². The summed E-state index contributed by atoms with van der Waals surface area (Å²) in [5, 5.41) is 6.31. The number of halogens is 3. The number of carbonyl (C=O) groups excluding carboxylic acids is 2. The number of nitrogens with zero attached hydrogens (tertiary/aromatic N) is 2. The molecule has 1 heterocycles. The predicted octanol–water partition coefficient (Wildman–Crippen LogP) is 2.99. The van der Waals surface area contributed by atoms with Gasteiger partial charge in [-0.2, -0.15) is 18.3 Å². The van der Waals surface area contributed by atoms with Crippen molar-refractivity contribution in [1.29, 1.82) is 0 Å². The number of nitrogens with one attached hydrogen (secondary N) is 1. The Morgan fingerprint density at radius 3 is 2.57 bits per heavy atom. The minimum Gasteiger partial charge on any atom is -0.462 e. The highest BCUT2D eigenvalue weighted by molar-refractivity contribution is 5.93. The van der Waals surface area contributed by atoms with Crippen molar-refractivity contribution in [3.05, 3.63) is 41.7 Å². The molecule has 0 aliphatic heterocycles. The normalized spacial score (nSPS) is 13.7. The molecular formula is C18H21F3N4O3. The SMILES string of the molecule is CCOC(=O)c1cnn(-c2cccc(NC(=O)C(C)C(C)N)c2)c1C(F)(F)F. The molecule has 0 radical (unpaired) electrons. The topological polar surface area (TPSA) is 99.2 Å². The summed E-state index contributed by atoms with van der Waals surface area (Å²) in [6.07, 6.45) is -4.04. The lowest BCUT2D eigenvalue weighted by Crippen LogP contribution is -2.34. The van der Waals surface area contributed by atoms with E-state index < -0.39 is 35.4 Å². The van der Waals surface area contributed by atoms with Crippen molar-refractivity contribution in [3.63, 3.8) is 0 Å².